The number of hydrogen-bond donors (Lipinski definition) is 2. The predicted molar refractivity (Wildman–Crippen MR) is 130 cm³/mol. The number of aliphatic hydroxyl groups excluding tert-OH is 1. The normalized spacial score (nSPS) is 12.0. The summed E-state index contributed by atoms with van der Waals surface area (Å²) < 4.78 is 6.13. The van der Waals surface area contributed by atoms with Crippen molar-refractivity contribution in [2.45, 2.75) is 39.3 Å². The van der Waals surface area contributed by atoms with Crippen LogP contribution < -0.4 is 10.1 Å². The maximum Gasteiger partial charge on any atom is 0.138 e. The summed E-state index contributed by atoms with van der Waals surface area (Å²) in [6.07, 6.45) is 1.01. The molecule has 3 nitrogen and oxygen atoms in total. The molecule has 0 saturated heterocycles. The topological polar surface area (TPSA) is 41.5 Å². The summed E-state index contributed by atoms with van der Waals surface area (Å²) in [4.78, 5) is 0. The number of ether oxygens (including phenoxy) is 1. The summed E-state index contributed by atoms with van der Waals surface area (Å²) in [5.74, 6) is 1.03. The molecule has 0 fully saturated rings. The Morgan fingerprint density at radius 1 is 1.00 bits per heavy atom. The number of aliphatic hydroxyl groups is 1. The number of nitrogens with one attached hydrogen (secondary N) is 1. The SMILES string of the molecule is CCC(C)c1cc(OCc2cccc(-c3ccccc3)c2Cl)c(Cl)cc1CNCCO. The average Bonchev–Trinajstić information content (AvgIpc) is 2.79. The third-order valence-electron chi connectivity index (χ3n) is 5.49. The predicted octanol–water partition coefficient (Wildman–Crippen LogP) is 6.83. The molecule has 0 aromatic heterocycles. The minimum atomic E-state index is 0.108. The van der Waals surface area contributed by atoms with Crippen molar-refractivity contribution in [1.82, 2.24) is 5.32 Å². The Balaban J connectivity index is 1.83. The van der Waals surface area contributed by atoms with Crippen molar-refractivity contribution in [3.8, 4) is 16.9 Å². The van der Waals surface area contributed by atoms with Gasteiger partial charge in [-0.15, -0.1) is 0 Å². The standard InChI is InChI=1S/C26H29Cl2NO2/c1-3-18(2)23-15-25(24(27)14-21(23)16-29-12-13-30)31-17-20-10-7-11-22(26(20)28)19-8-5-4-6-9-19/h4-11,14-15,18,29-30H,3,12-13,16-17H2,1-2H3. The van der Waals surface area contributed by atoms with Crippen molar-refractivity contribution >= 4 is 23.2 Å². The van der Waals surface area contributed by atoms with Gasteiger partial charge in [0.05, 0.1) is 16.7 Å². The summed E-state index contributed by atoms with van der Waals surface area (Å²) >= 11 is 13.3. The van der Waals surface area contributed by atoms with Gasteiger partial charge in [-0.25, -0.2) is 0 Å². The maximum atomic E-state index is 9.04. The van der Waals surface area contributed by atoms with Crippen LogP contribution in [0.2, 0.25) is 10.0 Å². The number of hydrogen-bond acceptors (Lipinski definition) is 3. The van der Waals surface area contributed by atoms with Gasteiger partial charge in [-0.2, -0.15) is 0 Å². The molecule has 0 aliphatic rings. The van der Waals surface area contributed by atoms with Gasteiger partial charge in [0.15, 0.2) is 0 Å². The van der Waals surface area contributed by atoms with Crippen LogP contribution in [0.15, 0.2) is 60.7 Å². The second-order valence-electron chi connectivity index (χ2n) is 7.62. The first kappa shape index (κ1) is 23.6. The molecule has 3 aromatic rings. The van der Waals surface area contributed by atoms with Gasteiger partial charge in [0.1, 0.15) is 12.4 Å². The largest absolute Gasteiger partial charge is 0.487 e. The molecular weight excluding hydrogens is 429 g/mol. The van der Waals surface area contributed by atoms with E-state index in [-0.39, 0.29) is 6.61 Å². The van der Waals surface area contributed by atoms with Gasteiger partial charge in [-0.1, -0.05) is 85.6 Å². The van der Waals surface area contributed by atoms with Crippen LogP contribution in [-0.2, 0) is 13.2 Å². The van der Waals surface area contributed by atoms with E-state index in [0.717, 1.165) is 28.7 Å². The van der Waals surface area contributed by atoms with E-state index < -0.39 is 0 Å². The molecule has 0 heterocycles. The number of rotatable bonds is 10. The van der Waals surface area contributed by atoms with Crippen molar-refractivity contribution in [1.29, 1.82) is 0 Å². The van der Waals surface area contributed by atoms with Crippen molar-refractivity contribution in [3.63, 3.8) is 0 Å². The van der Waals surface area contributed by atoms with E-state index in [9.17, 15) is 0 Å². The number of halogens is 2. The lowest BCUT2D eigenvalue weighted by Crippen LogP contribution is -2.19. The first-order chi connectivity index (χ1) is 15.0. The lowest BCUT2D eigenvalue weighted by atomic mass is 9.93. The maximum absolute atomic E-state index is 9.04. The fourth-order valence-corrected chi connectivity index (χ4v) is 4.07. The minimum absolute atomic E-state index is 0.108. The smallest absolute Gasteiger partial charge is 0.138 e. The van der Waals surface area contributed by atoms with Gasteiger partial charge in [-0.05, 0) is 41.2 Å². The molecule has 5 heteroatoms. The zero-order chi connectivity index (χ0) is 22.2. The summed E-state index contributed by atoms with van der Waals surface area (Å²) in [5.41, 5.74) is 5.31. The fourth-order valence-electron chi connectivity index (χ4n) is 3.54. The van der Waals surface area contributed by atoms with Crippen molar-refractivity contribution in [2.24, 2.45) is 0 Å². The highest BCUT2D eigenvalue weighted by molar-refractivity contribution is 6.34. The molecule has 0 radical (unpaired) electrons. The third kappa shape index (κ3) is 6.02. The second-order valence-corrected chi connectivity index (χ2v) is 8.41. The summed E-state index contributed by atoms with van der Waals surface area (Å²) in [7, 11) is 0. The molecule has 0 bridgehead atoms. The molecule has 0 amide bonds. The van der Waals surface area contributed by atoms with Gasteiger partial charge in [0, 0.05) is 24.2 Å². The molecule has 1 atom stereocenters. The Morgan fingerprint density at radius 2 is 1.77 bits per heavy atom. The van der Waals surface area contributed by atoms with E-state index in [1.54, 1.807) is 0 Å². The molecule has 3 rings (SSSR count). The quantitative estimate of drug-likeness (QED) is 0.327. The Labute approximate surface area is 195 Å². The van der Waals surface area contributed by atoms with E-state index in [2.05, 4.69) is 19.2 Å². The van der Waals surface area contributed by atoms with Crippen LogP contribution in [0.1, 0.15) is 42.9 Å². The van der Waals surface area contributed by atoms with Crippen molar-refractivity contribution in [3.05, 3.63) is 87.4 Å². The molecule has 1 unspecified atom stereocenters. The Morgan fingerprint density at radius 3 is 2.48 bits per heavy atom. The molecule has 0 saturated carbocycles. The minimum Gasteiger partial charge on any atom is -0.487 e. The van der Waals surface area contributed by atoms with Crippen LogP contribution in [0.4, 0.5) is 0 Å². The lowest BCUT2D eigenvalue weighted by Gasteiger charge is -2.19. The van der Waals surface area contributed by atoms with Crippen molar-refractivity contribution in [2.75, 3.05) is 13.2 Å². The molecule has 0 spiro atoms. The van der Waals surface area contributed by atoms with Crippen LogP contribution in [-0.4, -0.2) is 18.3 Å². The third-order valence-corrected chi connectivity index (χ3v) is 6.23. The Kier molecular flexibility index (Phi) is 8.79. The molecule has 3 aromatic carbocycles. The highest BCUT2D eigenvalue weighted by Gasteiger charge is 2.15. The monoisotopic (exact) mass is 457 g/mol. The molecule has 0 aliphatic carbocycles. The van der Waals surface area contributed by atoms with Crippen LogP contribution in [0, 0.1) is 0 Å². The van der Waals surface area contributed by atoms with Gasteiger partial charge in [0.2, 0.25) is 0 Å². The van der Waals surface area contributed by atoms with Gasteiger partial charge in [-0.3, -0.25) is 0 Å². The van der Waals surface area contributed by atoms with Gasteiger partial charge < -0.3 is 15.2 Å². The van der Waals surface area contributed by atoms with E-state index in [0.29, 0.717) is 41.4 Å². The van der Waals surface area contributed by atoms with Crippen LogP contribution in [0.25, 0.3) is 11.1 Å². The van der Waals surface area contributed by atoms with E-state index in [4.69, 9.17) is 33.0 Å². The molecule has 2 N–H and O–H groups in total. The Hall–Kier alpha value is -2.04. The fraction of sp³-hybridized carbons (Fsp3) is 0.308. The average molecular weight is 458 g/mol. The first-order valence-corrected chi connectivity index (χ1v) is 11.4. The second kappa shape index (κ2) is 11.5. The lowest BCUT2D eigenvalue weighted by molar-refractivity contribution is 0.291. The van der Waals surface area contributed by atoms with Crippen LogP contribution in [0.3, 0.4) is 0 Å². The van der Waals surface area contributed by atoms with Gasteiger partial charge in [0.25, 0.3) is 0 Å². The molecule has 31 heavy (non-hydrogen) atoms. The highest BCUT2D eigenvalue weighted by Crippen LogP contribution is 2.35. The molecular formula is C26H29Cl2NO2. The highest BCUT2D eigenvalue weighted by atomic mass is 35.5. The van der Waals surface area contributed by atoms with Crippen LogP contribution in [0.5, 0.6) is 5.75 Å². The van der Waals surface area contributed by atoms with Crippen molar-refractivity contribution < 1.29 is 9.84 Å². The number of benzene rings is 3. The van der Waals surface area contributed by atoms with E-state index in [1.165, 1.54) is 5.56 Å². The first-order valence-electron chi connectivity index (χ1n) is 10.6. The van der Waals surface area contributed by atoms with Crippen LogP contribution >= 0.6 is 23.2 Å². The molecule has 0 aliphatic heterocycles. The molecule has 164 valence electrons. The van der Waals surface area contributed by atoms with E-state index in [1.807, 2.05) is 60.7 Å². The van der Waals surface area contributed by atoms with E-state index >= 15 is 0 Å². The zero-order valence-corrected chi connectivity index (χ0v) is 19.5. The summed E-state index contributed by atoms with van der Waals surface area (Å²) in [6.45, 7) is 6.01. The summed E-state index contributed by atoms with van der Waals surface area (Å²) in [6, 6.07) is 20.1. The summed E-state index contributed by atoms with van der Waals surface area (Å²) in [5, 5.41) is 13.5. The Bertz CT molecular complexity index is 992. The zero-order valence-electron chi connectivity index (χ0n) is 18.0. The van der Waals surface area contributed by atoms with Gasteiger partial charge >= 0.3 is 0 Å².